The van der Waals surface area contributed by atoms with Gasteiger partial charge in [-0.05, 0) is 31.2 Å². The number of nitrogens with one attached hydrogen (secondary N) is 2. The van der Waals surface area contributed by atoms with E-state index in [2.05, 4.69) is 20.8 Å². The van der Waals surface area contributed by atoms with E-state index in [1.54, 1.807) is 0 Å². The van der Waals surface area contributed by atoms with Crippen LogP contribution in [0, 0.1) is 0 Å². The van der Waals surface area contributed by atoms with Gasteiger partial charge in [-0.2, -0.15) is 13.2 Å². The molecule has 2 amide bonds. The lowest BCUT2D eigenvalue weighted by atomic mass is 10.1. The zero-order chi connectivity index (χ0) is 20.1. The molecule has 2 aromatic carbocycles. The number of hydrogen-bond donors (Lipinski definition) is 2. The largest absolute Gasteiger partial charge is 0.418 e. The van der Waals surface area contributed by atoms with Gasteiger partial charge >= 0.3 is 12.2 Å². The highest BCUT2D eigenvalue weighted by molar-refractivity contribution is 7.19. The predicted octanol–water partition coefficient (Wildman–Crippen LogP) is 5.36. The Hall–Kier alpha value is -3.14. The highest BCUT2D eigenvalue weighted by Gasteiger charge is 2.33. The molecule has 0 radical (unpaired) electrons. The number of benzene rings is 2. The van der Waals surface area contributed by atoms with Crippen LogP contribution in [0.4, 0.5) is 39.6 Å². The maximum atomic E-state index is 13.0. The summed E-state index contributed by atoms with van der Waals surface area (Å²) in [6.45, 7) is 2.58. The number of para-hydroxylation sites is 2. The summed E-state index contributed by atoms with van der Waals surface area (Å²) >= 11 is 1.12. The van der Waals surface area contributed by atoms with Crippen molar-refractivity contribution in [2.75, 3.05) is 22.1 Å². The minimum Gasteiger partial charge on any atom is -0.317 e. The van der Waals surface area contributed by atoms with Crippen molar-refractivity contribution >= 4 is 39.0 Å². The monoisotopic (exact) mass is 407 g/mol. The molecule has 6 nitrogen and oxygen atoms in total. The second-order valence-electron chi connectivity index (χ2n) is 5.59. The van der Waals surface area contributed by atoms with E-state index in [0.717, 1.165) is 23.1 Å². The molecule has 146 valence electrons. The molecule has 0 bridgehead atoms. The Morgan fingerprint density at radius 3 is 2.39 bits per heavy atom. The zero-order valence-corrected chi connectivity index (χ0v) is 15.5. The number of urea groups is 1. The van der Waals surface area contributed by atoms with Gasteiger partial charge < -0.3 is 10.2 Å². The van der Waals surface area contributed by atoms with Crippen molar-refractivity contribution in [3.63, 3.8) is 0 Å². The summed E-state index contributed by atoms with van der Waals surface area (Å²) in [7, 11) is 0. The molecule has 10 heteroatoms. The molecule has 0 aliphatic rings. The van der Waals surface area contributed by atoms with Crippen LogP contribution in [0.2, 0.25) is 0 Å². The van der Waals surface area contributed by atoms with E-state index in [0.29, 0.717) is 11.7 Å². The fourth-order valence-corrected chi connectivity index (χ4v) is 3.33. The third-order valence-corrected chi connectivity index (χ3v) is 4.59. The van der Waals surface area contributed by atoms with E-state index in [4.69, 9.17) is 0 Å². The molecular weight excluding hydrogens is 391 g/mol. The van der Waals surface area contributed by atoms with Gasteiger partial charge in [-0.1, -0.05) is 41.7 Å². The van der Waals surface area contributed by atoms with E-state index in [1.165, 1.54) is 18.2 Å². The molecule has 28 heavy (non-hydrogen) atoms. The minimum atomic E-state index is -4.57. The number of amides is 2. The first-order chi connectivity index (χ1) is 13.4. The van der Waals surface area contributed by atoms with E-state index in [-0.39, 0.29) is 10.8 Å². The molecular formula is C18H16F3N5OS. The standard InChI is InChI=1S/C18H16F3N5OS/c1-2-26(12-8-4-3-5-9-12)17-25-24-16(28-17)23-15(27)22-14-11-7-6-10-13(14)18(19,20)21/h3-11H,2H2,1H3,(H2,22,23,24,27). The maximum absolute atomic E-state index is 13.0. The SMILES string of the molecule is CCN(c1ccccc1)c1nnc(NC(=O)Nc2ccccc2C(F)(F)F)s1. The van der Waals surface area contributed by atoms with Crippen LogP contribution in [0.25, 0.3) is 0 Å². The highest BCUT2D eigenvalue weighted by Crippen LogP contribution is 2.35. The van der Waals surface area contributed by atoms with Crippen LogP contribution in [0.15, 0.2) is 54.6 Å². The summed E-state index contributed by atoms with van der Waals surface area (Å²) in [5.74, 6) is 0. The second kappa shape index (κ2) is 8.26. The number of hydrogen-bond acceptors (Lipinski definition) is 5. The molecule has 0 aliphatic heterocycles. The summed E-state index contributed by atoms with van der Waals surface area (Å²) < 4.78 is 39.1. The van der Waals surface area contributed by atoms with Gasteiger partial charge in [0.25, 0.3) is 0 Å². The van der Waals surface area contributed by atoms with E-state index in [9.17, 15) is 18.0 Å². The highest BCUT2D eigenvalue weighted by atomic mass is 32.1. The van der Waals surface area contributed by atoms with Gasteiger partial charge in [-0.15, -0.1) is 10.2 Å². The van der Waals surface area contributed by atoms with Crippen molar-refractivity contribution in [1.82, 2.24) is 10.2 Å². The summed E-state index contributed by atoms with van der Waals surface area (Å²) in [4.78, 5) is 14.0. The Kier molecular flexibility index (Phi) is 5.78. The minimum absolute atomic E-state index is 0.173. The quantitative estimate of drug-likeness (QED) is 0.597. The van der Waals surface area contributed by atoms with Gasteiger partial charge in [0, 0.05) is 12.2 Å². The average molecular weight is 407 g/mol. The van der Waals surface area contributed by atoms with Gasteiger partial charge in [0.2, 0.25) is 10.3 Å². The fraction of sp³-hybridized carbons (Fsp3) is 0.167. The maximum Gasteiger partial charge on any atom is 0.418 e. The first-order valence-corrected chi connectivity index (χ1v) is 9.10. The summed E-state index contributed by atoms with van der Waals surface area (Å²) in [6.07, 6.45) is -4.57. The number of aromatic nitrogens is 2. The van der Waals surface area contributed by atoms with Crippen molar-refractivity contribution in [3.8, 4) is 0 Å². The Labute approximate surface area is 163 Å². The summed E-state index contributed by atoms with van der Waals surface area (Å²) in [5.41, 5.74) is -0.350. The normalized spacial score (nSPS) is 11.1. The van der Waals surface area contributed by atoms with E-state index in [1.807, 2.05) is 42.2 Å². The third-order valence-electron chi connectivity index (χ3n) is 3.73. The number of carbonyl (C=O) groups excluding carboxylic acids is 1. The lowest BCUT2D eigenvalue weighted by Crippen LogP contribution is -2.21. The Morgan fingerprint density at radius 1 is 1.04 bits per heavy atom. The molecule has 0 saturated heterocycles. The van der Waals surface area contributed by atoms with Crippen molar-refractivity contribution < 1.29 is 18.0 Å². The number of rotatable bonds is 5. The Bertz CT molecular complexity index is 946. The first kappa shape index (κ1) is 19.6. The molecule has 1 aromatic heterocycles. The topological polar surface area (TPSA) is 70.2 Å². The molecule has 3 rings (SSSR count). The van der Waals surface area contributed by atoms with Gasteiger partial charge in [-0.25, -0.2) is 4.79 Å². The molecule has 1 heterocycles. The lowest BCUT2D eigenvalue weighted by molar-refractivity contribution is -0.136. The average Bonchev–Trinajstić information content (AvgIpc) is 3.10. The molecule has 3 aromatic rings. The van der Waals surface area contributed by atoms with Crippen LogP contribution in [-0.4, -0.2) is 22.8 Å². The lowest BCUT2D eigenvalue weighted by Gasteiger charge is -2.18. The molecule has 2 N–H and O–H groups in total. The van der Waals surface area contributed by atoms with Gasteiger partial charge in [0.1, 0.15) is 0 Å². The molecule has 0 spiro atoms. The van der Waals surface area contributed by atoms with Crippen LogP contribution >= 0.6 is 11.3 Å². The number of nitrogens with zero attached hydrogens (tertiary/aromatic N) is 3. The third kappa shape index (κ3) is 4.58. The van der Waals surface area contributed by atoms with Crippen molar-refractivity contribution in [2.24, 2.45) is 0 Å². The molecule has 0 atom stereocenters. The van der Waals surface area contributed by atoms with Crippen molar-refractivity contribution in [1.29, 1.82) is 0 Å². The molecule has 0 saturated carbocycles. The molecule has 0 fully saturated rings. The smallest absolute Gasteiger partial charge is 0.317 e. The predicted molar refractivity (Wildman–Crippen MR) is 103 cm³/mol. The number of carbonyl (C=O) groups is 1. The van der Waals surface area contributed by atoms with Crippen LogP contribution in [0.3, 0.4) is 0 Å². The van der Waals surface area contributed by atoms with Gasteiger partial charge in [-0.3, -0.25) is 5.32 Å². The molecule has 0 unspecified atom stereocenters. The second-order valence-corrected chi connectivity index (χ2v) is 6.55. The van der Waals surface area contributed by atoms with Crippen molar-refractivity contribution in [2.45, 2.75) is 13.1 Å². The summed E-state index contributed by atoms with van der Waals surface area (Å²) in [6, 6.07) is 13.4. The van der Waals surface area contributed by atoms with E-state index >= 15 is 0 Å². The Balaban J connectivity index is 1.71. The Morgan fingerprint density at radius 2 is 1.71 bits per heavy atom. The van der Waals surface area contributed by atoms with E-state index < -0.39 is 17.8 Å². The van der Waals surface area contributed by atoms with Crippen LogP contribution in [-0.2, 0) is 6.18 Å². The molecule has 0 aliphatic carbocycles. The summed E-state index contributed by atoms with van der Waals surface area (Å²) in [5, 5.41) is 13.3. The van der Waals surface area contributed by atoms with Crippen molar-refractivity contribution in [3.05, 3.63) is 60.2 Å². The van der Waals surface area contributed by atoms with Crippen LogP contribution < -0.4 is 15.5 Å². The van der Waals surface area contributed by atoms with Gasteiger partial charge in [0.05, 0.1) is 11.3 Å². The zero-order valence-electron chi connectivity index (χ0n) is 14.7. The first-order valence-electron chi connectivity index (χ1n) is 8.29. The number of anilines is 4. The number of halogens is 3. The number of alkyl halides is 3. The van der Waals surface area contributed by atoms with Crippen LogP contribution in [0.1, 0.15) is 12.5 Å². The van der Waals surface area contributed by atoms with Crippen LogP contribution in [0.5, 0.6) is 0 Å². The van der Waals surface area contributed by atoms with Gasteiger partial charge in [0.15, 0.2) is 0 Å². The fourth-order valence-electron chi connectivity index (χ4n) is 2.50.